The molecule has 6 atom stereocenters. The van der Waals surface area contributed by atoms with E-state index in [0.717, 1.165) is 41.4 Å². The SMILES string of the molecule is CCC(O)(CC)[C@H](S[C@@H]1O[C@H](CO)[C@H](O)[C@H](n2cc(-c3cc(F)c(F)c(F)c3)nn2)[C@H]1O)C(=O)N(C)CC1CC1. The number of halogens is 3. The summed E-state index contributed by atoms with van der Waals surface area (Å²) < 4.78 is 47.9. The second-order valence-electron chi connectivity index (χ2n) is 10.5. The van der Waals surface area contributed by atoms with Crippen molar-refractivity contribution in [1.29, 1.82) is 0 Å². The molecule has 1 aliphatic carbocycles. The Hall–Kier alpha value is -2.23. The van der Waals surface area contributed by atoms with Gasteiger partial charge in [-0.25, -0.2) is 17.9 Å². The third-order valence-corrected chi connectivity index (χ3v) is 9.33. The zero-order valence-electron chi connectivity index (χ0n) is 22.5. The van der Waals surface area contributed by atoms with Gasteiger partial charge in [0.1, 0.15) is 40.7 Å². The Morgan fingerprint density at radius 2 is 1.82 bits per heavy atom. The topological polar surface area (TPSA) is 141 Å². The predicted octanol–water partition coefficient (Wildman–Crippen LogP) is 1.86. The van der Waals surface area contributed by atoms with Gasteiger partial charge in [0.05, 0.1) is 18.4 Å². The minimum absolute atomic E-state index is 0.0606. The van der Waals surface area contributed by atoms with E-state index in [1.54, 1.807) is 25.8 Å². The highest BCUT2D eigenvalue weighted by Crippen LogP contribution is 2.41. The number of aliphatic hydroxyl groups is 4. The summed E-state index contributed by atoms with van der Waals surface area (Å²) in [6.45, 7) is 3.42. The number of rotatable bonds is 11. The van der Waals surface area contributed by atoms with Crippen LogP contribution in [0.3, 0.4) is 0 Å². The standard InChI is InChI=1S/C26H35F3N4O6S/c1-4-26(38,5-2)23(24(37)32(3)10-13-6-7-13)40-25-22(36)20(21(35)18(12-34)39-25)33-11-17(30-31-33)14-8-15(27)19(29)16(28)9-14/h8-9,11,13,18,20-23,25,34-36,38H,4-7,10,12H2,1-3H3/t18-,20+,21+,22-,23-,25+/m1/s1. The van der Waals surface area contributed by atoms with E-state index in [1.807, 2.05) is 0 Å². The van der Waals surface area contributed by atoms with Crippen LogP contribution in [-0.4, -0.2) is 101 Å². The molecule has 10 nitrogen and oxygen atoms in total. The van der Waals surface area contributed by atoms with Crippen LogP contribution < -0.4 is 0 Å². The van der Waals surface area contributed by atoms with Crippen molar-refractivity contribution in [2.24, 2.45) is 5.92 Å². The summed E-state index contributed by atoms with van der Waals surface area (Å²) in [5.74, 6) is -4.40. The third-order valence-electron chi connectivity index (χ3n) is 7.76. The number of ether oxygens (including phenoxy) is 1. The van der Waals surface area contributed by atoms with Crippen molar-refractivity contribution < 1.29 is 43.1 Å². The average Bonchev–Trinajstić information content (AvgIpc) is 3.62. The molecular formula is C26H35F3N4O6S. The van der Waals surface area contributed by atoms with Gasteiger partial charge in [-0.1, -0.05) is 19.1 Å². The van der Waals surface area contributed by atoms with Crippen LogP contribution in [0, 0.1) is 23.4 Å². The van der Waals surface area contributed by atoms with Gasteiger partial charge in [0.15, 0.2) is 17.5 Å². The quantitative estimate of drug-likeness (QED) is 0.290. The average molecular weight is 589 g/mol. The molecule has 2 aliphatic rings. The zero-order valence-corrected chi connectivity index (χ0v) is 23.3. The van der Waals surface area contributed by atoms with Gasteiger partial charge in [-0.3, -0.25) is 4.79 Å². The first-order valence-electron chi connectivity index (χ1n) is 13.3. The Bertz CT molecular complexity index is 1170. The molecule has 2 fully saturated rings. The summed E-state index contributed by atoms with van der Waals surface area (Å²) in [6.07, 6.45) is -0.432. The molecule has 2 heterocycles. The number of benzene rings is 1. The molecule has 40 heavy (non-hydrogen) atoms. The second-order valence-corrected chi connectivity index (χ2v) is 11.7. The Morgan fingerprint density at radius 1 is 1.20 bits per heavy atom. The molecule has 1 saturated carbocycles. The lowest BCUT2D eigenvalue weighted by atomic mass is 9.92. The van der Waals surface area contributed by atoms with Crippen molar-refractivity contribution in [2.75, 3.05) is 20.2 Å². The molecule has 1 aromatic heterocycles. The van der Waals surface area contributed by atoms with E-state index in [9.17, 15) is 38.4 Å². The Balaban J connectivity index is 1.63. The molecule has 4 rings (SSSR count). The van der Waals surface area contributed by atoms with Gasteiger partial charge in [0.25, 0.3) is 0 Å². The lowest BCUT2D eigenvalue weighted by molar-refractivity contribution is -0.179. The number of carbonyl (C=O) groups excluding carboxylic acids is 1. The summed E-state index contributed by atoms with van der Waals surface area (Å²) in [5, 5.41) is 50.3. The van der Waals surface area contributed by atoms with Crippen molar-refractivity contribution in [1.82, 2.24) is 19.9 Å². The largest absolute Gasteiger partial charge is 0.394 e. The van der Waals surface area contributed by atoms with E-state index in [1.165, 1.54) is 6.20 Å². The molecule has 2 aromatic rings. The molecule has 4 N–H and O–H groups in total. The van der Waals surface area contributed by atoms with Crippen LogP contribution in [0.15, 0.2) is 18.3 Å². The van der Waals surface area contributed by atoms with Crippen LogP contribution >= 0.6 is 11.8 Å². The summed E-state index contributed by atoms with van der Waals surface area (Å²) in [6, 6.07) is 0.225. The Labute approximate surface area is 234 Å². The highest BCUT2D eigenvalue weighted by atomic mass is 32.2. The molecule has 222 valence electrons. The van der Waals surface area contributed by atoms with Gasteiger partial charge in [-0.15, -0.1) is 16.9 Å². The van der Waals surface area contributed by atoms with E-state index >= 15 is 0 Å². The maximum atomic E-state index is 13.8. The van der Waals surface area contributed by atoms with Crippen LogP contribution in [0.4, 0.5) is 13.2 Å². The molecule has 1 amide bonds. The predicted molar refractivity (Wildman–Crippen MR) is 139 cm³/mol. The van der Waals surface area contributed by atoms with Crippen molar-refractivity contribution in [3.63, 3.8) is 0 Å². The van der Waals surface area contributed by atoms with E-state index in [0.29, 0.717) is 12.5 Å². The Kier molecular flexibility index (Phi) is 9.47. The maximum Gasteiger partial charge on any atom is 0.238 e. The molecular weight excluding hydrogens is 553 g/mol. The summed E-state index contributed by atoms with van der Waals surface area (Å²) >= 11 is 0.904. The first-order chi connectivity index (χ1) is 18.9. The molecule has 0 radical (unpaired) electrons. The first-order valence-corrected chi connectivity index (χ1v) is 14.2. The number of hydrogen-bond donors (Lipinski definition) is 4. The Morgan fingerprint density at radius 3 is 2.38 bits per heavy atom. The van der Waals surface area contributed by atoms with Crippen molar-refractivity contribution in [2.45, 2.75) is 80.2 Å². The van der Waals surface area contributed by atoms with Crippen LogP contribution in [0.1, 0.15) is 45.6 Å². The second kappa shape index (κ2) is 12.3. The molecule has 14 heteroatoms. The fourth-order valence-electron chi connectivity index (χ4n) is 4.90. The normalized spacial score (nSPS) is 26.1. The number of thioether (sulfide) groups is 1. The van der Waals surface area contributed by atoms with Gasteiger partial charge in [0.2, 0.25) is 5.91 Å². The number of carbonyl (C=O) groups is 1. The third kappa shape index (κ3) is 6.16. The molecule has 1 aromatic carbocycles. The van der Waals surface area contributed by atoms with E-state index < -0.39 is 64.7 Å². The number of nitrogens with zero attached hydrogens (tertiary/aromatic N) is 4. The minimum atomic E-state index is -1.64. The number of aromatic nitrogens is 3. The molecule has 1 aliphatic heterocycles. The van der Waals surface area contributed by atoms with Gasteiger partial charge in [0, 0.05) is 19.2 Å². The van der Waals surface area contributed by atoms with Gasteiger partial charge in [-0.05, 0) is 43.7 Å². The minimum Gasteiger partial charge on any atom is -0.394 e. The summed E-state index contributed by atoms with van der Waals surface area (Å²) in [5.41, 5.74) is -2.80. The lowest BCUT2D eigenvalue weighted by Gasteiger charge is -2.44. The molecule has 0 spiro atoms. The van der Waals surface area contributed by atoms with Crippen LogP contribution in [0.5, 0.6) is 0 Å². The first kappa shape index (κ1) is 30.7. The van der Waals surface area contributed by atoms with Crippen molar-refractivity contribution in [3.8, 4) is 11.3 Å². The number of aliphatic hydroxyl groups excluding tert-OH is 3. The molecule has 0 unspecified atom stereocenters. The summed E-state index contributed by atoms with van der Waals surface area (Å²) in [4.78, 5) is 15.1. The zero-order chi connectivity index (χ0) is 29.4. The lowest BCUT2D eigenvalue weighted by Crippen LogP contribution is -2.57. The van der Waals surface area contributed by atoms with Crippen LogP contribution in [0.2, 0.25) is 0 Å². The van der Waals surface area contributed by atoms with Gasteiger partial charge < -0.3 is 30.1 Å². The maximum absolute atomic E-state index is 13.8. The van der Waals surface area contributed by atoms with E-state index in [2.05, 4.69) is 10.3 Å². The monoisotopic (exact) mass is 588 g/mol. The van der Waals surface area contributed by atoms with Crippen LogP contribution in [-0.2, 0) is 9.53 Å². The molecule has 1 saturated heterocycles. The fraction of sp³-hybridized carbons (Fsp3) is 0.654. The highest BCUT2D eigenvalue weighted by molar-refractivity contribution is 8.01. The fourth-order valence-corrected chi connectivity index (χ4v) is 6.58. The number of amides is 1. The van der Waals surface area contributed by atoms with E-state index in [-0.39, 0.29) is 30.0 Å². The smallest absolute Gasteiger partial charge is 0.238 e. The van der Waals surface area contributed by atoms with E-state index in [4.69, 9.17) is 4.74 Å². The number of hydrogen-bond acceptors (Lipinski definition) is 9. The van der Waals surface area contributed by atoms with Gasteiger partial charge in [-0.2, -0.15) is 0 Å². The highest BCUT2D eigenvalue weighted by Gasteiger charge is 2.50. The van der Waals surface area contributed by atoms with Crippen LogP contribution in [0.25, 0.3) is 11.3 Å². The van der Waals surface area contributed by atoms with Crippen molar-refractivity contribution in [3.05, 3.63) is 35.8 Å². The van der Waals surface area contributed by atoms with Crippen molar-refractivity contribution >= 4 is 17.7 Å². The molecule has 0 bridgehead atoms. The summed E-state index contributed by atoms with van der Waals surface area (Å²) in [7, 11) is 1.67. The van der Waals surface area contributed by atoms with Gasteiger partial charge >= 0.3 is 0 Å².